The summed E-state index contributed by atoms with van der Waals surface area (Å²) in [5.41, 5.74) is 1.45. The first-order valence-corrected chi connectivity index (χ1v) is 7.76. The molecule has 1 aliphatic rings. The number of anilines is 2. The van der Waals surface area contributed by atoms with E-state index in [4.69, 9.17) is 28.4 Å². The number of methoxy groups -OCH3 is 4. The van der Waals surface area contributed by atoms with Crippen molar-refractivity contribution >= 4 is 11.4 Å². The summed E-state index contributed by atoms with van der Waals surface area (Å²) in [6.07, 6.45) is 0. The van der Waals surface area contributed by atoms with Gasteiger partial charge in [-0.3, -0.25) is 0 Å². The van der Waals surface area contributed by atoms with Crippen molar-refractivity contribution in [1.29, 1.82) is 0 Å². The summed E-state index contributed by atoms with van der Waals surface area (Å²) in [7, 11) is 6.31. The van der Waals surface area contributed by atoms with Crippen molar-refractivity contribution in [2.24, 2.45) is 0 Å². The topological polar surface area (TPSA) is 67.4 Å². The lowest BCUT2D eigenvalue weighted by molar-refractivity contribution is 0.166. The van der Waals surface area contributed by atoms with Gasteiger partial charge in [-0.2, -0.15) is 0 Å². The quantitative estimate of drug-likeness (QED) is 0.860. The van der Waals surface area contributed by atoms with E-state index in [2.05, 4.69) is 5.32 Å². The lowest BCUT2D eigenvalue weighted by Crippen LogP contribution is -2.17. The van der Waals surface area contributed by atoms with Crippen LogP contribution in [0, 0.1) is 0 Å². The Morgan fingerprint density at radius 1 is 0.680 bits per heavy atom. The van der Waals surface area contributed by atoms with Gasteiger partial charge in [-0.15, -0.1) is 0 Å². The van der Waals surface area contributed by atoms with Gasteiger partial charge in [0.15, 0.2) is 23.0 Å². The molecule has 0 aliphatic carbocycles. The molecule has 134 valence electrons. The van der Waals surface area contributed by atoms with Gasteiger partial charge in [-0.1, -0.05) is 0 Å². The molecule has 0 unspecified atom stereocenters. The third-order valence-corrected chi connectivity index (χ3v) is 3.85. The standard InChI is InChI=1S/C18H21NO6/c1-20-13-7-5-11(15(22-3)17(13)23-4)19-12-6-8-14(21-2)18-16(12)24-9-10-25-18/h5-8,19H,9-10H2,1-4H3. The van der Waals surface area contributed by atoms with Crippen LogP contribution in [-0.2, 0) is 0 Å². The maximum absolute atomic E-state index is 5.78. The van der Waals surface area contributed by atoms with E-state index in [1.807, 2.05) is 18.2 Å². The molecule has 2 aromatic rings. The van der Waals surface area contributed by atoms with Crippen LogP contribution in [0.25, 0.3) is 0 Å². The molecule has 0 atom stereocenters. The van der Waals surface area contributed by atoms with Crippen molar-refractivity contribution in [3.05, 3.63) is 24.3 Å². The van der Waals surface area contributed by atoms with E-state index >= 15 is 0 Å². The molecule has 1 aliphatic heterocycles. The fourth-order valence-corrected chi connectivity index (χ4v) is 2.72. The van der Waals surface area contributed by atoms with Crippen LogP contribution >= 0.6 is 0 Å². The lowest BCUT2D eigenvalue weighted by atomic mass is 10.2. The second kappa shape index (κ2) is 7.29. The van der Waals surface area contributed by atoms with E-state index in [1.54, 1.807) is 34.5 Å². The second-order valence-corrected chi connectivity index (χ2v) is 5.18. The molecule has 7 nitrogen and oxygen atoms in total. The first-order chi connectivity index (χ1) is 12.2. The Kier molecular flexibility index (Phi) is 4.92. The van der Waals surface area contributed by atoms with E-state index < -0.39 is 0 Å². The molecule has 2 aromatic carbocycles. The molecule has 7 heteroatoms. The minimum Gasteiger partial charge on any atom is -0.493 e. The van der Waals surface area contributed by atoms with E-state index in [0.717, 1.165) is 5.69 Å². The number of fused-ring (bicyclic) bond motifs is 1. The van der Waals surface area contributed by atoms with E-state index in [9.17, 15) is 0 Å². The van der Waals surface area contributed by atoms with E-state index in [1.165, 1.54) is 0 Å². The third-order valence-electron chi connectivity index (χ3n) is 3.85. The molecule has 1 N–H and O–H groups in total. The molecule has 1 heterocycles. The van der Waals surface area contributed by atoms with Gasteiger partial charge in [0.1, 0.15) is 13.2 Å². The summed E-state index contributed by atoms with van der Waals surface area (Å²) in [6.45, 7) is 0.949. The van der Waals surface area contributed by atoms with Gasteiger partial charge >= 0.3 is 0 Å². The summed E-state index contributed by atoms with van der Waals surface area (Å²) < 4.78 is 33.0. The Balaban J connectivity index is 2.03. The molecule has 25 heavy (non-hydrogen) atoms. The van der Waals surface area contributed by atoms with Crippen LogP contribution in [0.3, 0.4) is 0 Å². The molecule has 0 radical (unpaired) electrons. The van der Waals surface area contributed by atoms with Crippen LogP contribution in [0.15, 0.2) is 24.3 Å². The van der Waals surface area contributed by atoms with Crippen molar-refractivity contribution in [2.45, 2.75) is 0 Å². The zero-order valence-electron chi connectivity index (χ0n) is 14.7. The summed E-state index contributed by atoms with van der Waals surface area (Å²) >= 11 is 0. The molecule has 0 amide bonds. The number of hydrogen-bond donors (Lipinski definition) is 1. The largest absolute Gasteiger partial charge is 0.493 e. The van der Waals surface area contributed by atoms with Crippen LogP contribution in [0.1, 0.15) is 0 Å². The molecule has 0 spiro atoms. The van der Waals surface area contributed by atoms with Crippen LogP contribution in [-0.4, -0.2) is 41.7 Å². The van der Waals surface area contributed by atoms with Crippen LogP contribution in [0.4, 0.5) is 11.4 Å². The number of rotatable bonds is 6. The highest BCUT2D eigenvalue weighted by Crippen LogP contribution is 2.48. The second-order valence-electron chi connectivity index (χ2n) is 5.18. The number of benzene rings is 2. The zero-order chi connectivity index (χ0) is 17.8. The Bertz CT molecular complexity index is 716. The Hall–Kier alpha value is -2.96. The summed E-state index contributed by atoms with van der Waals surface area (Å²) in [6, 6.07) is 7.34. The fraction of sp³-hybridized carbons (Fsp3) is 0.333. The first kappa shape index (κ1) is 16.9. The van der Waals surface area contributed by atoms with Crippen molar-refractivity contribution in [3.8, 4) is 34.5 Å². The predicted molar refractivity (Wildman–Crippen MR) is 93.4 cm³/mol. The minimum atomic E-state index is 0.470. The molecular weight excluding hydrogens is 326 g/mol. The highest BCUT2D eigenvalue weighted by atomic mass is 16.6. The smallest absolute Gasteiger partial charge is 0.205 e. The molecule has 0 saturated carbocycles. The monoisotopic (exact) mass is 347 g/mol. The van der Waals surface area contributed by atoms with Crippen molar-refractivity contribution in [3.63, 3.8) is 0 Å². The molecule has 3 rings (SSSR count). The molecule has 0 aromatic heterocycles. The Labute approximate surface area is 146 Å². The van der Waals surface area contributed by atoms with E-state index in [-0.39, 0.29) is 0 Å². The summed E-state index contributed by atoms with van der Waals surface area (Å²) in [5, 5.41) is 3.31. The van der Waals surface area contributed by atoms with Crippen LogP contribution < -0.4 is 33.7 Å². The SMILES string of the molecule is COc1ccc(Nc2ccc(OC)c3c2OCCO3)c(OC)c1OC. The minimum absolute atomic E-state index is 0.470. The maximum Gasteiger partial charge on any atom is 0.205 e. The van der Waals surface area contributed by atoms with E-state index in [0.29, 0.717) is 53.4 Å². The molecule has 0 saturated heterocycles. The molecule has 0 bridgehead atoms. The van der Waals surface area contributed by atoms with Gasteiger partial charge < -0.3 is 33.7 Å². The van der Waals surface area contributed by atoms with Crippen molar-refractivity contribution in [1.82, 2.24) is 0 Å². The van der Waals surface area contributed by atoms with Crippen molar-refractivity contribution in [2.75, 3.05) is 47.0 Å². The van der Waals surface area contributed by atoms with Gasteiger partial charge in [0.25, 0.3) is 0 Å². The maximum atomic E-state index is 5.78. The number of hydrogen-bond acceptors (Lipinski definition) is 7. The van der Waals surface area contributed by atoms with Gasteiger partial charge in [0.05, 0.1) is 39.8 Å². The zero-order valence-corrected chi connectivity index (χ0v) is 14.7. The molecular formula is C18H21NO6. The third kappa shape index (κ3) is 3.05. The average Bonchev–Trinajstić information content (AvgIpc) is 2.67. The number of nitrogens with one attached hydrogen (secondary N) is 1. The average molecular weight is 347 g/mol. The predicted octanol–water partition coefficient (Wildman–Crippen LogP) is 3.24. The van der Waals surface area contributed by atoms with Crippen molar-refractivity contribution < 1.29 is 28.4 Å². The summed E-state index contributed by atoms with van der Waals surface area (Å²) in [5.74, 6) is 3.43. The highest BCUT2D eigenvalue weighted by molar-refractivity contribution is 5.78. The first-order valence-electron chi connectivity index (χ1n) is 7.76. The fourth-order valence-electron chi connectivity index (χ4n) is 2.72. The van der Waals surface area contributed by atoms with Gasteiger partial charge in [-0.25, -0.2) is 0 Å². The van der Waals surface area contributed by atoms with Gasteiger partial charge in [0, 0.05) is 0 Å². The van der Waals surface area contributed by atoms with Crippen LogP contribution in [0.2, 0.25) is 0 Å². The van der Waals surface area contributed by atoms with Gasteiger partial charge in [-0.05, 0) is 24.3 Å². The highest BCUT2D eigenvalue weighted by Gasteiger charge is 2.23. The Morgan fingerprint density at radius 3 is 1.92 bits per heavy atom. The molecule has 0 fully saturated rings. The summed E-state index contributed by atoms with van der Waals surface area (Å²) in [4.78, 5) is 0. The van der Waals surface area contributed by atoms with Gasteiger partial charge in [0.2, 0.25) is 11.5 Å². The van der Waals surface area contributed by atoms with Crippen LogP contribution in [0.5, 0.6) is 34.5 Å². The normalized spacial score (nSPS) is 12.3. The Morgan fingerprint density at radius 2 is 1.28 bits per heavy atom. The lowest BCUT2D eigenvalue weighted by Gasteiger charge is -2.24. The number of ether oxygens (including phenoxy) is 6.